The smallest absolute Gasteiger partial charge is 0.416 e. The highest BCUT2D eigenvalue weighted by molar-refractivity contribution is 6.01. The summed E-state index contributed by atoms with van der Waals surface area (Å²) in [5.41, 5.74) is 0.228. The fourth-order valence-electron chi connectivity index (χ4n) is 3.76. The molecule has 1 aliphatic rings. The van der Waals surface area contributed by atoms with E-state index < -0.39 is 35.7 Å². The molecule has 35 heavy (non-hydrogen) atoms. The molecule has 12 heteroatoms. The number of hydrogen-bond acceptors (Lipinski definition) is 7. The lowest BCUT2D eigenvalue weighted by atomic mass is 10.1. The van der Waals surface area contributed by atoms with E-state index in [9.17, 15) is 27.6 Å². The lowest BCUT2D eigenvalue weighted by Crippen LogP contribution is -2.37. The minimum absolute atomic E-state index is 0.0318. The molecule has 2 N–H and O–H groups in total. The number of morpholine rings is 1. The van der Waals surface area contributed by atoms with Gasteiger partial charge in [-0.1, -0.05) is 0 Å². The zero-order valence-electron chi connectivity index (χ0n) is 19.7. The van der Waals surface area contributed by atoms with E-state index in [4.69, 9.17) is 14.2 Å². The number of esters is 2. The van der Waals surface area contributed by atoms with Crippen molar-refractivity contribution < 1.29 is 41.8 Å². The van der Waals surface area contributed by atoms with Gasteiger partial charge in [-0.15, -0.1) is 0 Å². The van der Waals surface area contributed by atoms with Crippen molar-refractivity contribution in [2.45, 2.75) is 33.1 Å². The number of alkyl halides is 3. The number of aromatic nitrogens is 1. The van der Waals surface area contributed by atoms with E-state index in [1.807, 2.05) is 0 Å². The molecule has 0 radical (unpaired) electrons. The fraction of sp³-hybridized carbons (Fsp3) is 0.435. The highest BCUT2D eigenvalue weighted by atomic mass is 19.4. The molecule has 2 heterocycles. The topological polar surface area (TPSA) is 110 Å². The summed E-state index contributed by atoms with van der Waals surface area (Å²) in [5.74, 6) is -2.36. The summed E-state index contributed by atoms with van der Waals surface area (Å²) in [5, 5.41) is 2.45. The predicted octanol–water partition coefficient (Wildman–Crippen LogP) is 3.46. The summed E-state index contributed by atoms with van der Waals surface area (Å²) in [6, 6.07) is 3.08. The van der Waals surface area contributed by atoms with Crippen LogP contribution in [0.1, 0.15) is 44.6 Å². The number of carbonyl (C=O) groups is 3. The Morgan fingerprint density at radius 3 is 2.40 bits per heavy atom. The molecule has 190 valence electrons. The first-order valence-corrected chi connectivity index (χ1v) is 10.8. The number of H-pyrrole nitrogens is 1. The number of rotatable bonds is 6. The SMILES string of the molecule is COC(=O)c1c(C)[nH]c(C(=O)OC(C)C(=O)Nc2cc(C(F)(F)F)ccc2N2CCOCC2)c1C. The van der Waals surface area contributed by atoms with Crippen LogP contribution in [0.3, 0.4) is 0 Å². The molecule has 1 unspecified atom stereocenters. The van der Waals surface area contributed by atoms with E-state index >= 15 is 0 Å². The van der Waals surface area contributed by atoms with Crippen LogP contribution in [-0.2, 0) is 25.2 Å². The van der Waals surface area contributed by atoms with Gasteiger partial charge < -0.3 is 29.4 Å². The third-order valence-corrected chi connectivity index (χ3v) is 5.62. The molecule has 9 nitrogen and oxygen atoms in total. The van der Waals surface area contributed by atoms with Gasteiger partial charge in [-0.2, -0.15) is 13.2 Å². The zero-order chi connectivity index (χ0) is 25.9. The third-order valence-electron chi connectivity index (χ3n) is 5.62. The highest BCUT2D eigenvalue weighted by Gasteiger charge is 2.32. The van der Waals surface area contributed by atoms with Crippen molar-refractivity contribution in [3.05, 3.63) is 46.3 Å². The van der Waals surface area contributed by atoms with E-state index in [2.05, 4.69) is 10.3 Å². The van der Waals surface area contributed by atoms with E-state index in [1.54, 1.807) is 11.8 Å². The minimum Gasteiger partial charge on any atom is -0.465 e. The molecule has 0 spiro atoms. The summed E-state index contributed by atoms with van der Waals surface area (Å²) in [4.78, 5) is 41.9. The Morgan fingerprint density at radius 2 is 1.80 bits per heavy atom. The molecule has 1 fully saturated rings. The lowest BCUT2D eigenvalue weighted by Gasteiger charge is -2.31. The van der Waals surface area contributed by atoms with Crippen molar-refractivity contribution in [1.82, 2.24) is 4.98 Å². The molecule has 2 aromatic rings. The van der Waals surface area contributed by atoms with Crippen LogP contribution < -0.4 is 10.2 Å². The Bertz CT molecular complexity index is 1120. The molecular weight excluding hydrogens is 471 g/mol. The Hall–Kier alpha value is -3.54. The lowest BCUT2D eigenvalue weighted by molar-refractivity contribution is -0.137. The second-order valence-corrected chi connectivity index (χ2v) is 7.98. The van der Waals surface area contributed by atoms with Gasteiger partial charge in [0.25, 0.3) is 5.91 Å². The molecule has 1 aromatic heterocycles. The number of nitrogens with one attached hydrogen (secondary N) is 2. The first-order chi connectivity index (χ1) is 16.4. The standard InChI is InChI=1S/C23H26F3N3O6/c1-12-18(21(31)33-4)13(2)27-19(12)22(32)35-14(3)20(30)28-16-11-15(23(24,25)26)5-6-17(16)29-7-9-34-10-8-29/h5-6,11,14,27H,7-10H2,1-4H3,(H,28,30). The van der Waals surface area contributed by atoms with Crippen molar-refractivity contribution in [3.8, 4) is 0 Å². The largest absolute Gasteiger partial charge is 0.465 e. The monoisotopic (exact) mass is 497 g/mol. The molecular formula is C23H26F3N3O6. The fourth-order valence-corrected chi connectivity index (χ4v) is 3.76. The van der Waals surface area contributed by atoms with Crippen molar-refractivity contribution >= 4 is 29.2 Å². The number of hydrogen-bond donors (Lipinski definition) is 2. The number of benzene rings is 1. The average molecular weight is 497 g/mol. The first kappa shape index (κ1) is 26.1. The van der Waals surface area contributed by atoms with Crippen LogP contribution in [0.2, 0.25) is 0 Å². The van der Waals surface area contributed by atoms with Gasteiger partial charge in [0.15, 0.2) is 6.10 Å². The maximum atomic E-state index is 13.3. The normalized spacial score (nSPS) is 14.9. The van der Waals surface area contributed by atoms with E-state index in [-0.39, 0.29) is 16.9 Å². The van der Waals surface area contributed by atoms with Gasteiger partial charge in [-0.05, 0) is 44.5 Å². The van der Waals surface area contributed by atoms with Crippen LogP contribution >= 0.6 is 0 Å². The number of aromatic amines is 1. The summed E-state index contributed by atoms with van der Waals surface area (Å²) >= 11 is 0. The van der Waals surface area contributed by atoms with Gasteiger partial charge in [0, 0.05) is 18.8 Å². The maximum absolute atomic E-state index is 13.3. The third kappa shape index (κ3) is 5.76. The molecule has 1 aromatic carbocycles. The number of aryl methyl sites for hydroxylation is 1. The number of amides is 1. The van der Waals surface area contributed by atoms with Gasteiger partial charge in [-0.25, -0.2) is 9.59 Å². The quantitative estimate of drug-likeness (QED) is 0.589. The number of ether oxygens (including phenoxy) is 3. The number of halogens is 3. The Labute approximate surface area is 199 Å². The molecule has 1 atom stereocenters. The number of carbonyl (C=O) groups excluding carboxylic acids is 3. The van der Waals surface area contributed by atoms with Crippen molar-refractivity contribution in [2.24, 2.45) is 0 Å². The number of nitrogens with zero attached hydrogens (tertiary/aromatic N) is 1. The van der Waals surface area contributed by atoms with Gasteiger partial charge in [-0.3, -0.25) is 4.79 Å². The van der Waals surface area contributed by atoms with E-state index in [1.165, 1.54) is 27.0 Å². The number of anilines is 2. The zero-order valence-corrected chi connectivity index (χ0v) is 19.7. The molecule has 1 saturated heterocycles. The Morgan fingerprint density at radius 1 is 1.14 bits per heavy atom. The molecule has 3 rings (SSSR count). The molecule has 1 amide bonds. The highest BCUT2D eigenvalue weighted by Crippen LogP contribution is 2.36. The van der Waals surface area contributed by atoms with Crippen LogP contribution in [0.4, 0.5) is 24.5 Å². The van der Waals surface area contributed by atoms with E-state index in [0.717, 1.165) is 12.1 Å². The second kappa shape index (κ2) is 10.4. The first-order valence-electron chi connectivity index (χ1n) is 10.8. The van der Waals surface area contributed by atoms with Crippen molar-refractivity contribution in [2.75, 3.05) is 43.6 Å². The van der Waals surface area contributed by atoms with Gasteiger partial charge in [0.2, 0.25) is 0 Å². The van der Waals surface area contributed by atoms with Crippen LogP contribution in [-0.4, -0.2) is 62.3 Å². The second-order valence-electron chi connectivity index (χ2n) is 7.98. The summed E-state index contributed by atoms with van der Waals surface area (Å²) in [6.07, 6.45) is -5.96. The predicted molar refractivity (Wildman–Crippen MR) is 120 cm³/mol. The van der Waals surface area contributed by atoms with Crippen LogP contribution in [0.5, 0.6) is 0 Å². The molecule has 0 bridgehead atoms. The molecule has 0 aliphatic carbocycles. The summed E-state index contributed by atoms with van der Waals surface area (Å²) in [6.45, 7) is 6.05. The van der Waals surface area contributed by atoms with Crippen LogP contribution in [0, 0.1) is 13.8 Å². The minimum atomic E-state index is -4.61. The average Bonchev–Trinajstić information content (AvgIpc) is 3.12. The van der Waals surface area contributed by atoms with Gasteiger partial charge in [0.05, 0.1) is 42.8 Å². The van der Waals surface area contributed by atoms with Gasteiger partial charge in [0.1, 0.15) is 5.69 Å². The summed E-state index contributed by atoms with van der Waals surface area (Å²) in [7, 11) is 1.21. The van der Waals surface area contributed by atoms with Crippen molar-refractivity contribution in [1.29, 1.82) is 0 Å². The molecule has 0 saturated carbocycles. The van der Waals surface area contributed by atoms with Crippen molar-refractivity contribution in [3.63, 3.8) is 0 Å². The Kier molecular flexibility index (Phi) is 7.73. The van der Waals surface area contributed by atoms with Crippen LogP contribution in [0.25, 0.3) is 0 Å². The Balaban J connectivity index is 1.80. The maximum Gasteiger partial charge on any atom is 0.416 e. The number of methoxy groups -OCH3 is 1. The van der Waals surface area contributed by atoms with E-state index in [0.29, 0.717) is 43.2 Å². The van der Waals surface area contributed by atoms with Gasteiger partial charge >= 0.3 is 18.1 Å². The molecule has 1 aliphatic heterocycles. The summed E-state index contributed by atoms with van der Waals surface area (Å²) < 4.78 is 55.1. The van der Waals surface area contributed by atoms with Crippen LogP contribution in [0.15, 0.2) is 18.2 Å².